The second kappa shape index (κ2) is 6.48. The summed E-state index contributed by atoms with van der Waals surface area (Å²) < 4.78 is 0. The molecule has 1 aromatic carbocycles. The summed E-state index contributed by atoms with van der Waals surface area (Å²) in [5, 5.41) is 12.4. The fourth-order valence-electron chi connectivity index (χ4n) is 2.98. The van der Waals surface area contributed by atoms with E-state index in [-0.39, 0.29) is 6.03 Å². The van der Waals surface area contributed by atoms with Crippen molar-refractivity contribution in [1.82, 2.24) is 4.90 Å². The molecule has 1 aliphatic heterocycles. The molecule has 0 aliphatic carbocycles. The molecule has 21 heavy (non-hydrogen) atoms. The number of hydrogen-bond acceptors (Lipinski definition) is 2. The number of benzene rings is 1. The lowest BCUT2D eigenvalue weighted by Gasteiger charge is -2.26. The third kappa shape index (κ3) is 3.56. The van der Waals surface area contributed by atoms with E-state index in [1.165, 1.54) is 0 Å². The van der Waals surface area contributed by atoms with E-state index in [2.05, 4.69) is 19.2 Å². The van der Waals surface area contributed by atoms with Crippen LogP contribution in [0.1, 0.15) is 51.7 Å². The number of hydrogen-bond donors (Lipinski definition) is 2. The number of nitrogens with zero attached hydrogens (tertiary/aromatic N) is 1. The molecule has 1 unspecified atom stereocenters. The lowest BCUT2D eigenvalue weighted by molar-refractivity contribution is 0.199. The highest BCUT2D eigenvalue weighted by molar-refractivity contribution is 5.89. The fourth-order valence-corrected chi connectivity index (χ4v) is 2.98. The topological polar surface area (TPSA) is 52.6 Å². The molecule has 1 aromatic rings. The van der Waals surface area contributed by atoms with Crippen molar-refractivity contribution in [1.29, 1.82) is 0 Å². The molecule has 1 atom stereocenters. The number of nitrogens with one attached hydrogen (secondary N) is 1. The summed E-state index contributed by atoms with van der Waals surface area (Å²) in [6.07, 6.45) is 2.85. The Morgan fingerprint density at radius 2 is 1.95 bits per heavy atom. The van der Waals surface area contributed by atoms with Gasteiger partial charge in [0.25, 0.3) is 0 Å². The standard InChI is InChI=1S/C17H26N2O2/c1-4-17(5-2)10-11-19(12-17)16(21)18-15-8-6-14(7-9-15)13(3)20/h6-9,13,20H,4-5,10-12H2,1-3H3,(H,18,21). The van der Waals surface area contributed by atoms with Crippen LogP contribution in [0.4, 0.5) is 10.5 Å². The molecule has 0 spiro atoms. The average molecular weight is 290 g/mol. The largest absolute Gasteiger partial charge is 0.389 e. The zero-order valence-corrected chi connectivity index (χ0v) is 13.2. The predicted octanol–water partition coefficient (Wildman–Crippen LogP) is 3.78. The van der Waals surface area contributed by atoms with E-state index in [1.807, 2.05) is 29.2 Å². The summed E-state index contributed by atoms with van der Waals surface area (Å²) in [5.74, 6) is 0. The summed E-state index contributed by atoms with van der Waals surface area (Å²) in [4.78, 5) is 14.2. The van der Waals surface area contributed by atoms with E-state index in [0.29, 0.717) is 5.41 Å². The van der Waals surface area contributed by atoms with Gasteiger partial charge in [0.1, 0.15) is 0 Å². The Morgan fingerprint density at radius 3 is 2.43 bits per heavy atom. The molecule has 1 saturated heterocycles. The third-order valence-corrected chi connectivity index (χ3v) is 4.87. The van der Waals surface area contributed by atoms with Gasteiger partial charge in [-0.2, -0.15) is 0 Å². The van der Waals surface area contributed by atoms with Gasteiger partial charge in [0, 0.05) is 18.8 Å². The Balaban J connectivity index is 1.96. The van der Waals surface area contributed by atoms with E-state index < -0.39 is 6.10 Å². The molecule has 4 nitrogen and oxygen atoms in total. The monoisotopic (exact) mass is 290 g/mol. The molecule has 1 fully saturated rings. The summed E-state index contributed by atoms with van der Waals surface area (Å²) in [6.45, 7) is 7.82. The van der Waals surface area contributed by atoms with Crippen molar-refractivity contribution in [3.05, 3.63) is 29.8 Å². The maximum atomic E-state index is 12.3. The number of urea groups is 1. The van der Waals surface area contributed by atoms with Gasteiger partial charge < -0.3 is 15.3 Å². The van der Waals surface area contributed by atoms with E-state index in [9.17, 15) is 9.90 Å². The second-order valence-corrected chi connectivity index (χ2v) is 6.11. The van der Waals surface area contributed by atoms with Crippen molar-refractivity contribution in [2.45, 2.75) is 46.1 Å². The van der Waals surface area contributed by atoms with Crippen molar-refractivity contribution in [3.8, 4) is 0 Å². The number of carbonyl (C=O) groups excluding carboxylic acids is 1. The number of amides is 2. The molecule has 0 saturated carbocycles. The Bertz CT molecular complexity index is 478. The van der Waals surface area contributed by atoms with E-state index in [4.69, 9.17) is 0 Å². The van der Waals surface area contributed by atoms with Gasteiger partial charge in [0.05, 0.1) is 6.10 Å². The summed E-state index contributed by atoms with van der Waals surface area (Å²) in [6, 6.07) is 7.33. The molecule has 0 radical (unpaired) electrons. The van der Waals surface area contributed by atoms with Gasteiger partial charge in [-0.1, -0.05) is 26.0 Å². The Labute approximate surface area is 127 Å². The SMILES string of the molecule is CCC1(CC)CCN(C(=O)Nc2ccc(C(C)O)cc2)C1. The normalized spacial score (nSPS) is 18.6. The van der Waals surface area contributed by atoms with Crippen LogP contribution in [-0.2, 0) is 0 Å². The molecule has 2 N–H and O–H groups in total. The molecular weight excluding hydrogens is 264 g/mol. The van der Waals surface area contributed by atoms with E-state index >= 15 is 0 Å². The Morgan fingerprint density at radius 1 is 1.33 bits per heavy atom. The highest BCUT2D eigenvalue weighted by Gasteiger charge is 2.36. The van der Waals surface area contributed by atoms with Crippen LogP contribution in [0.2, 0.25) is 0 Å². The van der Waals surface area contributed by atoms with Crippen LogP contribution in [0.3, 0.4) is 0 Å². The lowest BCUT2D eigenvalue weighted by Crippen LogP contribution is -2.35. The molecule has 0 bridgehead atoms. The van der Waals surface area contributed by atoms with Gasteiger partial charge in [-0.25, -0.2) is 4.79 Å². The molecule has 1 heterocycles. The number of rotatable bonds is 4. The maximum Gasteiger partial charge on any atom is 0.321 e. The van der Waals surface area contributed by atoms with Gasteiger partial charge in [-0.15, -0.1) is 0 Å². The van der Waals surface area contributed by atoms with E-state index in [0.717, 1.165) is 43.6 Å². The molecule has 1 aliphatic rings. The highest BCUT2D eigenvalue weighted by Crippen LogP contribution is 2.37. The van der Waals surface area contributed by atoms with Crippen molar-refractivity contribution in [2.75, 3.05) is 18.4 Å². The lowest BCUT2D eigenvalue weighted by atomic mass is 9.82. The molecule has 2 amide bonds. The number of anilines is 1. The minimum Gasteiger partial charge on any atom is -0.389 e. The first kappa shape index (κ1) is 15.8. The first-order valence-corrected chi connectivity index (χ1v) is 7.83. The van der Waals surface area contributed by atoms with Crippen LogP contribution < -0.4 is 5.32 Å². The van der Waals surface area contributed by atoms with Crippen LogP contribution in [0.15, 0.2) is 24.3 Å². The zero-order chi connectivity index (χ0) is 15.5. The quantitative estimate of drug-likeness (QED) is 0.886. The van der Waals surface area contributed by atoms with Gasteiger partial charge >= 0.3 is 6.03 Å². The Kier molecular flexibility index (Phi) is 4.88. The Hall–Kier alpha value is -1.55. The number of aliphatic hydroxyl groups excluding tert-OH is 1. The zero-order valence-electron chi connectivity index (χ0n) is 13.2. The number of aliphatic hydroxyl groups is 1. The summed E-state index contributed by atoms with van der Waals surface area (Å²) >= 11 is 0. The first-order chi connectivity index (χ1) is 9.99. The van der Waals surface area contributed by atoms with Gasteiger partial charge in [0.2, 0.25) is 0 Å². The number of carbonyl (C=O) groups is 1. The van der Waals surface area contributed by atoms with Gasteiger partial charge in [-0.3, -0.25) is 0 Å². The molecule has 4 heteroatoms. The number of likely N-dealkylation sites (tertiary alicyclic amines) is 1. The summed E-state index contributed by atoms with van der Waals surface area (Å²) in [7, 11) is 0. The van der Waals surface area contributed by atoms with Crippen LogP contribution in [-0.4, -0.2) is 29.1 Å². The molecule has 0 aromatic heterocycles. The first-order valence-electron chi connectivity index (χ1n) is 7.83. The van der Waals surface area contributed by atoms with Crippen LogP contribution in [0.25, 0.3) is 0 Å². The van der Waals surface area contributed by atoms with Crippen molar-refractivity contribution in [3.63, 3.8) is 0 Å². The van der Waals surface area contributed by atoms with Crippen molar-refractivity contribution in [2.24, 2.45) is 5.41 Å². The maximum absolute atomic E-state index is 12.3. The second-order valence-electron chi connectivity index (χ2n) is 6.11. The van der Waals surface area contributed by atoms with Gasteiger partial charge in [-0.05, 0) is 49.3 Å². The fraction of sp³-hybridized carbons (Fsp3) is 0.588. The average Bonchev–Trinajstić information content (AvgIpc) is 2.93. The van der Waals surface area contributed by atoms with Crippen molar-refractivity contribution >= 4 is 11.7 Å². The minimum atomic E-state index is -0.483. The van der Waals surface area contributed by atoms with E-state index in [1.54, 1.807) is 6.92 Å². The highest BCUT2D eigenvalue weighted by atomic mass is 16.3. The summed E-state index contributed by atoms with van der Waals surface area (Å²) in [5.41, 5.74) is 1.92. The van der Waals surface area contributed by atoms with Crippen LogP contribution in [0.5, 0.6) is 0 Å². The van der Waals surface area contributed by atoms with Crippen LogP contribution >= 0.6 is 0 Å². The predicted molar refractivity (Wildman–Crippen MR) is 85.3 cm³/mol. The smallest absolute Gasteiger partial charge is 0.321 e. The third-order valence-electron chi connectivity index (χ3n) is 4.87. The van der Waals surface area contributed by atoms with Gasteiger partial charge in [0.15, 0.2) is 0 Å². The van der Waals surface area contributed by atoms with Crippen molar-refractivity contribution < 1.29 is 9.90 Å². The molecular formula is C17H26N2O2. The molecule has 2 rings (SSSR count). The molecule has 116 valence electrons. The minimum absolute atomic E-state index is 0.0245. The van der Waals surface area contributed by atoms with Crippen LogP contribution in [0, 0.1) is 5.41 Å².